The summed E-state index contributed by atoms with van der Waals surface area (Å²) in [6.45, 7) is 1.84. The van der Waals surface area contributed by atoms with Gasteiger partial charge >= 0.3 is 0 Å². The summed E-state index contributed by atoms with van der Waals surface area (Å²) in [5.74, 6) is -0.0590. The molecule has 0 aliphatic heterocycles. The van der Waals surface area contributed by atoms with Crippen LogP contribution in [0, 0.1) is 6.92 Å². The number of imidazole rings is 1. The van der Waals surface area contributed by atoms with Gasteiger partial charge in [-0.15, -0.1) is 0 Å². The van der Waals surface area contributed by atoms with Gasteiger partial charge in [0.2, 0.25) is 5.78 Å². The topological polar surface area (TPSA) is 48.0 Å². The van der Waals surface area contributed by atoms with Gasteiger partial charge in [0, 0.05) is 7.05 Å². The number of furan rings is 1. The third-order valence-corrected chi connectivity index (χ3v) is 2.15. The van der Waals surface area contributed by atoms with Gasteiger partial charge in [-0.3, -0.25) is 4.79 Å². The molecule has 2 aromatic heterocycles. The first kappa shape index (κ1) is 8.74. The molecule has 0 radical (unpaired) electrons. The normalized spacial score (nSPS) is 10.4. The van der Waals surface area contributed by atoms with E-state index in [1.165, 1.54) is 6.26 Å². The Labute approximate surface area is 81.2 Å². The second kappa shape index (κ2) is 3.14. The molecule has 0 atom stereocenters. The van der Waals surface area contributed by atoms with Gasteiger partial charge in [-0.25, -0.2) is 4.98 Å². The molecule has 0 aromatic carbocycles. The van der Waals surface area contributed by atoms with Crippen molar-refractivity contribution >= 4 is 5.78 Å². The van der Waals surface area contributed by atoms with Gasteiger partial charge in [0.15, 0.2) is 0 Å². The van der Waals surface area contributed by atoms with Crippen LogP contribution in [0.3, 0.4) is 0 Å². The summed E-state index contributed by atoms with van der Waals surface area (Å²) in [5, 5.41) is 0. The molecule has 0 fully saturated rings. The molecule has 0 amide bonds. The molecule has 0 saturated heterocycles. The minimum absolute atomic E-state index is 0.0590. The molecule has 0 unspecified atom stereocenters. The molecule has 0 N–H and O–H groups in total. The Kier molecular flexibility index (Phi) is 1.96. The van der Waals surface area contributed by atoms with Crippen LogP contribution in [0.2, 0.25) is 0 Å². The summed E-state index contributed by atoms with van der Waals surface area (Å²) < 4.78 is 6.64. The Balaban J connectivity index is 2.44. The van der Waals surface area contributed by atoms with Crippen molar-refractivity contribution in [2.24, 2.45) is 7.05 Å². The van der Waals surface area contributed by atoms with Gasteiger partial charge in [0.25, 0.3) is 0 Å². The predicted molar refractivity (Wildman–Crippen MR) is 50.1 cm³/mol. The van der Waals surface area contributed by atoms with Crippen molar-refractivity contribution in [1.82, 2.24) is 9.55 Å². The SMILES string of the molecule is Cc1cocc1C(=O)c1cncn1C. The first-order chi connectivity index (χ1) is 6.70. The molecule has 2 heterocycles. The maximum atomic E-state index is 11.9. The van der Waals surface area contributed by atoms with E-state index < -0.39 is 0 Å². The van der Waals surface area contributed by atoms with E-state index in [2.05, 4.69) is 4.98 Å². The fraction of sp³-hybridized carbons (Fsp3) is 0.200. The van der Waals surface area contributed by atoms with Gasteiger partial charge in [-0.2, -0.15) is 0 Å². The zero-order valence-corrected chi connectivity index (χ0v) is 8.02. The molecule has 0 aliphatic rings. The maximum Gasteiger partial charge on any atom is 0.214 e. The van der Waals surface area contributed by atoms with Crippen LogP contribution < -0.4 is 0 Å². The van der Waals surface area contributed by atoms with Gasteiger partial charge in [0.1, 0.15) is 12.0 Å². The van der Waals surface area contributed by atoms with Crippen molar-refractivity contribution in [1.29, 1.82) is 0 Å². The van der Waals surface area contributed by atoms with Gasteiger partial charge < -0.3 is 8.98 Å². The van der Waals surface area contributed by atoms with E-state index in [-0.39, 0.29) is 5.78 Å². The van der Waals surface area contributed by atoms with Gasteiger partial charge in [-0.05, 0) is 12.5 Å². The molecule has 0 saturated carbocycles. The number of hydrogen-bond acceptors (Lipinski definition) is 3. The minimum atomic E-state index is -0.0590. The fourth-order valence-electron chi connectivity index (χ4n) is 1.31. The van der Waals surface area contributed by atoms with Gasteiger partial charge in [0.05, 0.1) is 24.4 Å². The summed E-state index contributed by atoms with van der Waals surface area (Å²) in [5.41, 5.74) is 2.00. The Morgan fingerprint density at radius 2 is 2.29 bits per heavy atom. The number of nitrogens with zero attached hydrogens (tertiary/aromatic N) is 2. The van der Waals surface area contributed by atoms with E-state index in [1.54, 1.807) is 30.4 Å². The second-order valence-corrected chi connectivity index (χ2v) is 3.19. The van der Waals surface area contributed by atoms with E-state index in [0.29, 0.717) is 11.3 Å². The Hall–Kier alpha value is -1.84. The van der Waals surface area contributed by atoms with Crippen LogP contribution in [0.25, 0.3) is 0 Å². The summed E-state index contributed by atoms with van der Waals surface area (Å²) in [6, 6.07) is 0. The van der Waals surface area contributed by atoms with Crippen LogP contribution in [0.4, 0.5) is 0 Å². The first-order valence-electron chi connectivity index (χ1n) is 4.24. The van der Waals surface area contributed by atoms with E-state index >= 15 is 0 Å². The fourth-order valence-corrected chi connectivity index (χ4v) is 1.31. The third-order valence-electron chi connectivity index (χ3n) is 2.15. The molecule has 4 heteroatoms. The van der Waals surface area contributed by atoms with E-state index in [9.17, 15) is 4.79 Å². The third kappa shape index (κ3) is 1.25. The highest BCUT2D eigenvalue weighted by Gasteiger charge is 2.16. The standard InChI is InChI=1S/C10H10N2O2/c1-7-4-14-5-8(7)10(13)9-3-11-6-12(9)2/h3-6H,1-2H3. The molecule has 0 bridgehead atoms. The van der Waals surface area contributed by atoms with Crippen molar-refractivity contribution in [3.63, 3.8) is 0 Å². The quantitative estimate of drug-likeness (QED) is 0.675. The van der Waals surface area contributed by atoms with Crippen molar-refractivity contribution in [3.8, 4) is 0 Å². The van der Waals surface area contributed by atoms with Crippen molar-refractivity contribution in [3.05, 3.63) is 41.9 Å². The van der Waals surface area contributed by atoms with E-state index in [0.717, 1.165) is 5.56 Å². The van der Waals surface area contributed by atoms with Crippen LogP contribution in [0.1, 0.15) is 21.6 Å². The molecule has 0 aliphatic carbocycles. The van der Waals surface area contributed by atoms with Gasteiger partial charge in [-0.1, -0.05) is 0 Å². The molecule has 14 heavy (non-hydrogen) atoms. The Bertz CT molecular complexity index is 426. The molecular weight excluding hydrogens is 180 g/mol. The summed E-state index contributed by atoms with van der Waals surface area (Å²) in [6.07, 6.45) is 6.17. The molecule has 2 aromatic rings. The maximum absolute atomic E-state index is 11.9. The Morgan fingerprint density at radius 1 is 1.50 bits per heavy atom. The van der Waals surface area contributed by atoms with Crippen LogP contribution in [0.15, 0.2) is 29.5 Å². The largest absolute Gasteiger partial charge is 0.472 e. The van der Waals surface area contributed by atoms with E-state index in [4.69, 9.17) is 4.42 Å². The van der Waals surface area contributed by atoms with Crippen molar-refractivity contribution < 1.29 is 9.21 Å². The summed E-state index contributed by atoms with van der Waals surface area (Å²) >= 11 is 0. The molecule has 0 spiro atoms. The van der Waals surface area contributed by atoms with Crippen LogP contribution in [-0.2, 0) is 7.05 Å². The highest BCUT2D eigenvalue weighted by Crippen LogP contribution is 2.13. The lowest BCUT2D eigenvalue weighted by Crippen LogP contribution is -2.06. The number of ketones is 1. The molecular formula is C10H10N2O2. The number of hydrogen-bond donors (Lipinski definition) is 0. The van der Waals surface area contributed by atoms with Crippen LogP contribution in [0.5, 0.6) is 0 Å². The lowest BCUT2D eigenvalue weighted by atomic mass is 10.1. The second-order valence-electron chi connectivity index (χ2n) is 3.19. The summed E-state index contributed by atoms with van der Waals surface area (Å²) in [4.78, 5) is 15.8. The summed E-state index contributed by atoms with van der Waals surface area (Å²) in [7, 11) is 1.79. The first-order valence-corrected chi connectivity index (χ1v) is 4.24. The average molecular weight is 190 g/mol. The molecule has 4 nitrogen and oxygen atoms in total. The van der Waals surface area contributed by atoms with E-state index in [1.807, 2.05) is 6.92 Å². The number of carbonyl (C=O) groups is 1. The number of aryl methyl sites for hydroxylation is 2. The van der Waals surface area contributed by atoms with Crippen molar-refractivity contribution in [2.75, 3.05) is 0 Å². The smallest absolute Gasteiger partial charge is 0.214 e. The van der Waals surface area contributed by atoms with Crippen LogP contribution >= 0.6 is 0 Å². The lowest BCUT2D eigenvalue weighted by molar-refractivity contribution is 0.103. The predicted octanol–water partition coefficient (Wildman–Crippen LogP) is 1.55. The van der Waals surface area contributed by atoms with Crippen molar-refractivity contribution in [2.45, 2.75) is 6.92 Å². The average Bonchev–Trinajstić information content (AvgIpc) is 2.73. The lowest BCUT2D eigenvalue weighted by Gasteiger charge is -1.99. The molecule has 72 valence electrons. The van der Waals surface area contributed by atoms with Crippen LogP contribution in [-0.4, -0.2) is 15.3 Å². The zero-order chi connectivity index (χ0) is 10.1. The Morgan fingerprint density at radius 3 is 2.79 bits per heavy atom. The zero-order valence-electron chi connectivity index (χ0n) is 8.02. The minimum Gasteiger partial charge on any atom is -0.472 e. The number of carbonyl (C=O) groups excluding carboxylic acids is 1. The molecule has 2 rings (SSSR count). The monoisotopic (exact) mass is 190 g/mol. The highest BCUT2D eigenvalue weighted by molar-refractivity contribution is 6.08. The highest BCUT2D eigenvalue weighted by atomic mass is 16.3. The number of aromatic nitrogens is 2. The number of rotatable bonds is 2.